The fourth-order valence-electron chi connectivity index (χ4n) is 4.79. The van der Waals surface area contributed by atoms with Crippen LogP contribution in [0.2, 0.25) is 5.02 Å². The summed E-state index contributed by atoms with van der Waals surface area (Å²) in [5.41, 5.74) is 2.13. The highest BCUT2D eigenvalue weighted by Gasteiger charge is 2.32. The summed E-state index contributed by atoms with van der Waals surface area (Å²) in [6, 6.07) is 22.6. The molecule has 0 bridgehead atoms. The third kappa shape index (κ3) is 7.17. The number of hydrogen-bond acceptors (Lipinski definition) is 2. The summed E-state index contributed by atoms with van der Waals surface area (Å²) >= 11 is 6.08. The predicted molar refractivity (Wildman–Crippen MR) is 141 cm³/mol. The third-order valence-electron chi connectivity index (χ3n) is 6.79. The fourth-order valence-corrected chi connectivity index (χ4v) is 4.92. The predicted octanol–water partition coefficient (Wildman–Crippen LogP) is 6.11. The number of halogens is 2. The average molecular weight is 507 g/mol. The topological polar surface area (TPSA) is 49.4 Å². The molecule has 0 spiro atoms. The number of hydrogen-bond donors (Lipinski definition) is 1. The Bertz CT molecular complexity index is 1150. The molecule has 0 radical (unpaired) electrons. The summed E-state index contributed by atoms with van der Waals surface area (Å²) in [5, 5.41) is 3.81. The maximum atomic E-state index is 14.4. The van der Waals surface area contributed by atoms with Crippen LogP contribution in [0.3, 0.4) is 0 Å². The molecule has 1 N–H and O–H groups in total. The molecule has 1 saturated carbocycles. The van der Waals surface area contributed by atoms with E-state index in [0.717, 1.165) is 36.8 Å². The molecular weight excluding hydrogens is 475 g/mol. The van der Waals surface area contributed by atoms with Crippen molar-refractivity contribution in [3.8, 4) is 0 Å². The Hall–Kier alpha value is -3.18. The lowest BCUT2D eigenvalue weighted by Crippen LogP contribution is -2.53. The highest BCUT2D eigenvalue weighted by Crippen LogP contribution is 2.21. The molecule has 3 aromatic rings. The Morgan fingerprint density at radius 1 is 0.889 bits per heavy atom. The van der Waals surface area contributed by atoms with Gasteiger partial charge in [0.05, 0.1) is 6.42 Å². The molecule has 1 fully saturated rings. The van der Waals surface area contributed by atoms with Gasteiger partial charge in [-0.05, 0) is 47.7 Å². The van der Waals surface area contributed by atoms with Gasteiger partial charge in [0.15, 0.2) is 0 Å². The maximum Gasteiger partial charge on any atom is 0.243 e. The molecule has 3 aromatic carbocycles. The molecule has 1 aliphatic carbocycles. The molecule has 0 saturated heterocycles. The SMILES string of the molecule is O=C(NC1CCCCC1)[C@H](Cc1ccccc1)N(Cc1ccc(Cl)cc1)C(=O)Cc1ccccc1F. The van der Waals surface area contributed by atoms with E-state index >= 15 is 0 Å². The summed E-state index contributed by atoms with van der Waals surface area (Å²) in [6.07, 6.45) is 5.51. The Morgan fingerprint density at radius 2 is 1.56 bits per heavy atom. The number of rotatable bonds is 9. The quantitative estimate of drug-likeness (QED) is 0.380. The highest BCUT2D eigenvalue weighted by molar-refractivity contribution is 6.30. The van der Waals surface area contributed by atoms with Crippen molar-refractivity contribution < 1.29 is 14.0 Å². The van der Waals surface area contributed by atoms with Crippen LogP contribution >= 0.6 is 11.6 Å². The minimum atomic E-state index is -0.732. The van der Waals surface area contributed by atoms with Gasteiger partial charge in [-0.25, -0.2) is 4.39 Å². The molecule has 2 amide bonds. The fraction of sp³-hybridized carbons (Fsp3) is 0.333. The van der Waals surface area contributed by atoms with E-state index in [1.807, 2.05) is 42.5 Å². The molecule has 0 heterocycles. The molecule has 4 nitrogen and oxygen atoms in total. The van der Waals surface area contributed by atoms with E-state index in [1.165, 1.54) is 12.5 Å². The van der Waals surface area contributed by atoms with Crippen molar-refractivity contribution in [1.82, 2.24) is 10.2 Å². The van der Waals surface area contributed by atoms with Gasteiger partial charge in [-0.2, -0.15) is 0 Å². The van der Waals surface area contributed by atoms with Crippen LogP contribution in [0.25, 0.3) is 0 Å². The van der Waals surface area contributed by atoms with Crippen molar-refractivity contribution in [2.45, 2.75) is 63.6 Å². The average Bonchev–Trinajstić information content (AvgIpc) is 2.89. The van der Waals surface area contributed by atoms with Gasteiger partial charge in [0.2, 0.25) is 11.8 Å². The van der Waals surface area contributed by atoms with Crippen LogP contribution in [0.5, 0.6) is 0 Å². The smallest absolute Gasteiger partial charge is 0.243 e. The summed E-state index contributed by atoms with van der Waals surface area (Å²) in [6.45, 7) is 0.222. The Labute approximate surface area is 217 Å². The van der Waals surface area contributed by atoms with Gasteiger partial charge >= 0.3 is 0 Å². The lowest BCUT2D eigenvalue weighted by atomic mass is 9.94. The van der Waals surface area contributed by atoms with E-state index in [-0.39, 0.29) is 30.8 Å². The molecular formula is C30H32ClFN2O2. The van der Waals surface area contributed by atoms with Crippen LogP contribution in [0.4, 0.5) is 4.39 Å². The van der Waals surface area contributed by atoms with Gasteiger partial charge in [0, 0.05) is 24.0 Å². The van der Waals surface area contributed by atoms with Crippen molar-refractivity contribution in [3.63, 3.8) is 0 Å². The summed E-state index contributed by atoms with van der Waals surface area (Å²) in [5.74, 6) is -0.889. The zero-order valence-corrected chi connectivity index (χ0v) is 21.1. The van der Waals surface area contributed by atoms with E-state index < -0.39 is 11.9 Å². The highest BCUT2D eigenvalue weighted by atomic mass is 35.5. The second-order valence-electron chi connectivity index (χ2n) is 9.47. The second kappa shape index (κ2) is 12.7. The molecule has 0 unspecified atom stereocenters. The van der Waals surface area contributed by atoms with Crippen molar-refractivity contribution in [1.29, 1.82) is 0 Å². The van der Waals surface area contributed by atoms with Gasteiger partial charge in [-0.3, -0.25) is 9.59 Å². The zero-order valence-electron chi connectivity index (χ0n) is 20.3. The van der Waals surface area contributed by atoms with Crippen molar-refractivity contribution >= 4 is 23.4 Å². The summed E-state index contributed by atoms with van der Waals surface area (Å²) in [7, 11) is 0. The maximum absolute atomic E-state index is 14.4. The first-order valence-electron chi connectivity index (χ1n) is 12.6. The van der Waals surface area contributed by atoms with Crippen LogP contribution in [-0.2, 0) is 29.0 Å². The second-order valence-corrected chi connectivity index (χ2v) is 9.90. The molecule has 6 heteroatoms. The normalized spacial score (nSPS) is 14.7. The first-order chi connectivity index (χ1) is 17.5. The zero-order chi connectivity index (χ0) is 25.3. The standard InChI is InChI=1S/C30H32ClFN2O2/c31-25-17-15-23(16-18-25)21-34(29(35)20-24-11-7-8-14-27(24)32)28(19-22-9-3-1-4-10-22)30(36)33-26-12-5-2-6-13-26/h1,3-4,7-11,14-18,26,28H,2,5-6,12-13,19-21H2,(H,33,36)/t28-/m0/s1. The van der Waals surface area contributed by atoms with E-state index in [9.17, 15) is 14.0 Å². The lowest BCUT2D eigenvalue weighted by Gasteiger charge is -2.33. The number of carbonyl (C=O) groups excluding carboxylic acids is 2. The molecule has 0 aliphatic heterocycles. The van der Waals surface area contributed by atoms with Crippen LogP contribution < -0.4 is 5.32 Å². The van der Waals surface area contributed by atoms with E-state index in [1.54, 1.807) is 35.2 Å². The minimum absolute atomic E-state index is 0.114. The van der Waals surface area contributed by atoms with Gasteiger partial charge in [0.25, 0.3) is 0 Å². The Morgan fingerprint density at radius 3 is 2.25 bits per heavy atom. The van der Waals surface area contributed by atoms with Gasteiger partial charge in [-0.15, -0.1) is 0 Å². The first kappa shape index (κ1) is 25.9. The molecule has 188 valence electrons. The number of carbonyl (C=O) groups is 2. The van der Waals surface area contributed by atoms with Crippen LogP contribution in [0.1, 0.15) is 48.8 Å². The minimum Gasteiger partial charge on any atom is -0.352 e. The molecule has 1 atom stereocenters. The third-order valence-corrected chi connectivity index (χ3v) is 7.04. The monoisotopic (exact) mass is 506 g/mol. The van der Waals surface area contributed by atoms with Gasteiger partial charge in [0.1, 0.15) is 11.9 Å². The molecule has 4 rings (SSSR count). The van der Waals surface area contributed by atoms with Crippen LogP contribution in [-0.4, -0.2) is 28.8 Å². The molecule has 0 aromatic heterocycles. The van der Waals surface area contributed by atoms with Gasteiger partial charge < -0.3 is 10.2 Å². The Kier molecular flexibility index (Phi) is 9.12. The summed E-state index contributed by atoms with van der Waals surface area (Å²) in [4.78, 5) is 29.0. The van der Waals surface area contributed by atoms with Crippen molar-refractivity contribution in [2.24, 2.45) is 0 Å². The van der Waals surface area contributed by atoms with E-state index in [0.29, 0.717) is 17.0 Å². The number of nitrogens with zero attached hydrogens (tertiary/aromatic N) is 1. The van der Waals surface area contributed by atoms with E-state index in [2.05, 4.69) is 5.32 Å². The summed E-state index contributed by atoms with van der Waals surface area (Å²) < 4.78 is 14.4. The van der Waals surface area contributed by atoms with E-state index in [4.69, 9.17) is 11.6 Å². The lowest BCUT2D eigenvalue weighted by molar-refractivity contribution is -0.141. The largest absolute Gasteiger partial charge is 0.352 e. The van der Waals surface area contributed by atoms with Crippen molar-refractivity contribution in [2.75, 3.05) is 0 Å². The van der Waals surface area contributed by atoms with Gasteiger partial charge in [-0.1, -0.05) is 91.5 Å². The van der Waals surface area contributed by atoms with Crippen molar-refractivity contribution in [3.05, 3.63) is 106 Å². The van der Waals surface area contributed by atoms with Crippen LogP contribution in [0, 0.1) is 5.82 Å². The number of nitrogens with one attached hydrogen (secondary N) is 1. The number of amides is 2. The van der Waals surface area contributed by atoms with Crippen LogP contribution in [0.15, 0.2) is 78.9 Å². The Balaban J connectivity index is 1.65. The number of benzene rings is 3. The first-order valence-corrected chi connectivity index (χ1v) is 13.0. The molecule has 36 heavy (non-hydrogen) atoms. The molecule has 1 aliphatic rings.